The van der Waals surface area contributed by atoms with E-state index in [0.717, 1.165) is 19.4 Å². The SMILES string of the molecule is CNC(CC(C)CN)c1ccc(CC(C)C)cc1. The molecule has 0 aromatic heterocycles. The molecule has 0 spiro atoms. The zero-order valence-electron chi connectivity index (χ0n) is 12.2. The minimum Gasteiger partial charge on any atom is -0.330 e. The number of hydrogen-bond acceptors (Lipinski definition) is 2. The van der Waals surface area contributed by atoms with Gasteiger partial charge in [-0.2, -0.15) is 0 Å². The third-order valence-electron chi connectivity index (χ3n) is 3.41. The standard InChI is InChI=1S/C16H28N2/c1-12(2)9-14-5-7-15(8-6-14)16(18-4)10-13(3)11-17/h5-8,12-13,16,18H,9-11,17H2,1-4H3. The van der Waals surface area contributed by atoms with E-state index in [1.54, 1.807) is 0 Å². The van der Waals surface area contributed by atoms with Crippen molar-refractivity contribution in [3.8, 4) is 0 Å². The van der Waals surface area contributed by atoms with Crippen molar-refractivity contribution in [1.29, 1.82) is 0 Å². The third-order valence-corrected chi connectivity index (χ3v) is 3.41. The van der Waals surface area contributed by atoms with Gasteiger partial charge in [0.15, 0.2) is 0 Å². The highest BCUT2D eigenvalue weighted by Gasteiger charge is 2.12. The Kier molecular flexibility index (Phi) is 6.37. The molecule has 0 saturated carbocycles. The second-order valence-electron chi connectivity index (χ2n) is 5.76. The molecule has 1 aromatic carbocycles. The van der Waals surface area contributed by atoms with Crippen LogP contribution < -0.4 is 11.1 Å². The molecule has 18 heavy (non-hydrogen) atoms. The molecular formula is C16H28N2. The number of nitrogens with two attached hydrogens (primary N) is 1. The molecule has 2 heteroatoms. The van der Waals surface area contributed by atoms with Crippen LogP contribution in [0.15, 0.2) is 24.3 Å². The molecule has 2 unspecified atom stereocenters. The van der Waals surface area contributed by atoms with Crippen LogP contribution in [-0.2, 0) is 6.42 Å². The van der Waals surface area contributed by atoms with Crippen LogP contribution in [0.3, 0.4) is 0 Å². The molecular weight excluding hydrogens is 220 g/mol. The summed E-state index contributed by atoms with van der Waals surface area (Å²) in [4.78, 5) is 0. The molecule has 0 aliphatic heterocycles. The Morgan fingerprint density at radius 3 is 2.17 bits per heavy atom. The predicted molar refractivity (Wildman–Crippen MR) is 79.6 cm³/mol. The Bertz CT molecular complexity index is 329. The lowest BCUT2D eigenvalue weighted by atomic mass is 9.94. The van der Waals surface area contributed by atoms with E-state index in [9.17, 15) is 0 Å². The molecule has 1 rings (SSSR count). The van der Waals surface area contributed by atoms with E-state index in [2.05, 4.69) is 50.4 Å². The van der Waals surface area contributed by atoms with Crippen LogP contribution in [0.25, 0.3) is 0 Å². The smallest absolute Gasteiger partial charge is 0.0320 e. The lowest BCUT2D eigenvalue weighted by Gasteiger charge is -2.20. The van der Waals surface area contributed by atoms with Crippen molar-refractivity contribution in [3.63, 3.8) is 0 Å². The van der Waals surface area contributed by atoms with Crippen molar-refractivity contribution in [1.82, 2.24) is 5.32 Å². The van der Waals surface area contributed by atoms with Gasteiger partial charge in [-0.05, 0) is 49.4 Å². The summed E-state index contributed by atoms with van der Waals surface area (Å²) in [6, 6.07) is 9.43. The average Bonchev–Trinajstić information content (AvgIpc) is 2.36. The minimum atomic E-state index is 0.414. The van der Waals surface area contributed by atoms with Gasteiger partial charge in [0.1, 0.15) is 0 Å². The number of nitrogens with one attached hydrogen (secondary N) is 1. The van der Waals surface area contributed by atoms with Crippen LogP contribution in [0.1, 0.15) is 44.4 Å². The van der Waals surface area contributed by atoms with E-state index in [1.807, 2.05) is 7.05 Å². The van der Waals surface area contributed by atoms with Crippen LogP contribution in [0, 0.1) is 11.8 Å². The fourth-order valence-corrected chi connectivity index (χ4v) is 2.28. The van der Waals surface area contributed by atoms with Crippen LogP contribution in [-0.4, -0.2) is 13.6 Å². The maximum absolute atomic E-state index is 5.70. The quantitative estimate of drug-likeness (QED) is 0.778. The normalized spacial score (nSPS) is 14.8. The van der Waals surface area contributed by atoms with Gasteiger partial charge in [0.05, 0.1) is 0 Å². The zero-order chi connectivity index (χ0) is 13.5. The molecule has 0 amide bonds. The summed E-state index contributed by atoms with van der Waals surface area (Å²) in [6.07, 6.45) is 2.25. The van der Waals surface area contributed by atoms with Gasteiger partial charge >= 0.3 is 0 Å². The lowest BCUT2D eigenvalue weighted by Crippen LogP contribution is -2.22. The first-order valence-corrected chi connectivity index (χ1v) is 7.03. The van der Waals surface area contributed by atoms with E-state index in [-0.39, 0.29) is 0 Å². The first-order valence-electron chi connectivity index (χ1n) is 7.03. The van der Waals surface area contributed by atoms with Gasteiger partial charge in [0.2, 0.25) is 0 Å². The van der Waals surface area contributed by atoms with Gasteiger partial charge in [-0.15, -0.1) is 0 Å². The van der Waals surface area contributed by atoms with Crippen LogP contribution in [0.4, 0.5) is 0 Å². The summed E-state index contributed by atoms with van der Waals surface area (Å²) in [5.41, 5.74) is 8.50. The van der Waals surface area contributed by atoms with E-state index >= 15 is 0 Å². The molecule has 0 radical (unpaired) electrons. The van der Waals surface area contributed by atoms with Crippen LogP contribution in [0.2, 0.25) is 0 Å². The third kappa shape index (κ3) is 4.79. The largest absolute Gasteiger partial charge is 0.330 e. The van der Waals surface area contributed by atoms with Crippen molar-refractivity contribution in [2.75, 3.05) is 13.6 Å². The van der Waals surface area contributed by atoms with Crippen LogP contribution in [0.5, 0.6) is 0 Å². The van der Waals surface area contributed by atoms with Crippen molar-refractivity contribution in [2.45, 2.75) is 39.7 Å². The van der Waals surface area contributed by atoms with E-state index in [0.29, 0.717) is 17.9 Å². The molecule has 0 saturated heterocycles. The first-order chi connectivity index (χ1) is 8.56. The fraction of sp³-hybridized carbons (Fsp3) is 0.625. The minimum absolute atomic E-state index is 0.414. The Morgan fingerprint density at radius 1 is 1.11 bits per heavy atom. The molecule has 0 fully saturated rings. The molecule has 0 bridgehead atoms. The molecule has 0 heterocycles. The van der Waals surface area contributed by atoms with E-state index < -0.39 is 0 Å². The maximum Gasteiger partial charge on any atom is 0.0320 e. The van der Waals surface area contributed by atoms with Crippen LogP contribution >= 0.6 is 0 Å². The summed E-state index contributed by atoms with van der Waals surface area (Å²) < 4.78 is 0. The molecule has 1 aromatic rings. The monoisotopic (exact) mass is 248 g/mol. The topological polar surface area (TPSA) is 38.0 Å². The van der Waals surface area contributed by atoms with Gasteiger partial charge in [0.25, 0.3) is 0 Å². The summed E-state index contributed by atoms with van der Waals surface area (Å²) in [5.74, 6) is 1.27. The van der Waals surface area contributed by atoms with Gasteiger partial charge in [0, 0.05) is 6.04 Å². The van der Waals surface area contributed by atoms with Crippen molar-refractivity contribution in [3.05, 3.63) is 35.4 Å². The Labute approximate surface area is 112 Å². The van der Waals surface area contributed by atoms with Gasteiger partial charge in [-0.3, -0.25) is 0 Å². The first kappa shape index (κ1) is 15.2. The summed E-state index contributed by atoms with van der Waals surface area (Å²) >= 11 is 0. The molecule has 2 atom stereocenters. The summed E-state index contributed by atoms with van der Waals surface area (Å²) in [6.45, 7) is 7.47. The lowest BCUT2D eigenvalue weighted by molar-refractivity contribution is 0.438. The number of hydrogen-bond donors (Lipinski definition) is 2. The highest BCUT2D eigenvalue weighted by molar-refractivity contribution is 5.25. The molecule has 0 aliphatic carbocycles. The molecule has 102 valence electrons. The predicted octanol–water partition coefficient (Wildman–Crippen LogP) is 3.13. The van der Waals surface area contributed by atoms with Crippen molar-refractivity contribution >= 4 is 0 Å². The molecule has 3 N–H and O–H groups in total. The highest BCUT2D eigenvalue weighted by atomic mass is 14.9. The van der Waals surface area contributed by atoms with Gasteiger partial charge in [-0.1, -0.05) is 45.0 Å². The Hall–Kier alpha value is -0.860. The second-order valence-corrected chi connectivity index (χ2v) is 5.76. The molecule has 0 aliphatic rings. The van der Waals surface area contributed by atoms with Gasteiger partial charge in [-0.25, -0.2) is 0 Å². The zero-order valence-corrected chi connectivity index (χ0v) is 12.2. The number of rotatable bonds is 7. The Balaban J connectivity index is 2.69. The average molecular weight is 248 g/mol. The number of benzene rings is 1. The fourth-order valence-electron chi connectivity index (χ4n) is 2.28. The molecule has 2 nitrogen and oxygen atoms in total. The van der Waals surface area contributed by atoms with E-state index in [1.165, 1.54) is 11.1 Å². The van der Waals surface area contributed by atoms with Crippen molar-refractivity contribution in [2.24, 2.45) is 17.6 Å². The summed E-state index contributed by atoms with van der Waals surface area (Å²) in [5, 5.41) is 3.39. The summed E-state index contributed by atoms with van der Waals surface area (Å²) in [7, 11) is 2.02. The van der Waals surface area contributed by atoms with E-state index in [4.69, 9.17) is 5.73 Å². The van der Waals surface area contributed by atoms with Crippen molar-refractivity contribution < 1.29 is 0 Å². The van der Waals surface area contributed by atoms with Gasteiger partial charge < -0.3 is 11.1 Å². The maximum atomic E-state index is 5.70. The highest BCUT2D eigenvalue weighted by Crippen LogP contribution is 2.21. The Morgan fingerprint density at radius 2 is 1.72 bits per heavy atom. The second kappa shape index (κ2) is 7.55.